The summed E-state index contributed by atoms with van der Waals surface area (Å²) in [6, 6.07) is 10.4. The molecule has 0 aliphatic carbocycles. The van der Waals surface area contributed by atoms with Crippen molar-refractivity contribution in [3.05, 3.63) is 58.1 Å². The van der Waals surface area contributed by atoms with E-state index in [1.54, 1.807) is 49.4 Å². The number of amides is 2. The van der Waals surface area contributed by atoms with E-state index in [-0.39, 0.29) is 18.1 Å². The molecule has 1 atom stereocenters. The maximum absolute atomic E-state index is 13.5. The number of rotatable bonds is 11. The molecule has 0 aliphatic heterocycles. The third-order valence-corrected chi connectivity index (χ3v) is 6.82. The van der Waals surface area contributed by atoms with E-state index in [9.17, 15) is 18.0 Å². The van der Waals surface area contributed by atoms with E-state index < -0.39 is 28.5 Å². The van der Waals surface area contributed by atoms with Crippen molar-refractivity contribution in [1.82, 2.24) is 10.2 Å². The van der Waals surface area contributed by atoms with Crippen LogP contribution in [0.5, 0.6) is 5.75 Å². The number of carbonyl (C=O) groups excluding carboxylic acids is 2. The number of para-hydroxylation sites is 2. The first-order valence-electron chi connectivity index (χ1n) is 10.6. The van der Waals surface area contributed by atoms with Crippen LogP contribution in [0, 0.1) is 0 Å². The van der Waals surface area contributed by atoms with Crippen LogP contribution in [0.15, 0.2) is 42.5 Å². The summed E-state index contributed by atoms with van der Waals surface area (Å²) in [5.74, 6) is -0.647. The molecule has 8 nitrogen and oxygen atoms in total. The van der Waals surface area contributed by atoms with Gasteiger partial charge in [0.05, 0.1) is 19.1 Å². The molecule has 34 heavy (non-hydrogen) atoms. The highest BCUT2D eigenvalue weighted by Crippen LogP contribution is 2.30. The van der Waals surface area contributed by atoms with Gasteiger partial charge in [0.2, 0.25) is 21.8 Å². The number of sulfonamides is 1. The molecule has 11 heteroatoms. The predicted molar refractivity (Wildman–Crippen MR) is 135 cm³/mol. The Labute approximate surface area is 210 Å². The Kier molecular flexibility index (Phi) is 10.0. The van der Waals surface area contributed by atoms with Crippen LogP contribution in [-0.4, -0.2) is 57.6 Å². The topological polar surface area (TPSA) is 96.0 Å². The van der Waals surface area contributed by atoms with Crippen molar-refractivity contribution in [2.75, 3.05) is 30.8 Å². The Bertz CT molecular complexity index is 1130. The predicted octanol–water partition coefficient (Wildman–Crippen LogP) is 3.71. The van der Waals surface area contributed by atoms with Crippen LogP contribution in [0.25, 0.3) is 0 Å². The Morgan fingerprint density at radius 1 is 1.15 bits per heavy atom. The molecule has 2 rings (SSSR count). The number of nitrogens with one attached hydrogen (secondary N) is 1. The van der Waals surface area contributed by atoms with Crippen molar-refractivity contribution >= 4 is 50.7 Å². The Hall–Kier alpha value is -2.49. The van der Waals surface area contributed by atoms with E-state index in [1.807, 2.05) is 6.92 Å². The largest absolute Gasteiger partial charge is 0.495 e. The molecular weight excluding hydrogens is 501 g/mol. The van der Waals surface area contributed by atoms with Gasteiger partial charge < -0.3 is 15.0 Å². The van der Waals surface area contributed by atoms with Crippen LogP contribution >= 0.6 is 23.2 Å². The van der Waals surface area contributed by atoms with Crippen molar-refractivity contribution in [3.8, 4) is 5.75 Å². The van der Waals surface area contributed by atoms with Gasteiger partial charge >= 0.3 is 0 Å². The molecule has 0 radical (unpaired) electrons. The second-order valence-corrected chi connectivity index (χ2v) is 10.4. The highest BCUT2D eigenvalue weighted by atomic mass is 35.5. The van der Waals surface area contributed by atoms with Crippen LogP contribution in [0.2, 0.25) is 10.0 Å². The second kappa shape index (κ2) is 12.3. The number of carbonyl (C=O) groups is 2. The van der Waals surface area contributed by atoms with Gasteiger partial charge in [-0.05, 0) is 43.2 Å². The first-order chi connectivity index (χ1) is 16.0. The third-order valence-electron chi connectivity index (χ3n) is 5.11. The summed E-state index contributed by atoms with van der Waals surface area (Å²) >= 11 is 12.3. The molecule has 0 saturated carbocycles. The molecular formula is C23H29Cl2N3O5S. The Balaban J connectivity index is 2.44. The summed E-state index contributed by atoms with van der Waals surface area (Å²) in [5, 5.41) is 3.53. The summed E-state index contributed by atoms with van der Waals surface area (Å²) in [4.78, 5) is 27.5. The van der Waals surface area contributed by atoms with E-state index >= 15 is 0 Å². The first kappa shape index (κ1) is 27.8. The van der Waals surface area contributed by atoms with Crippen LogP contribution in [0.3, 0.4) is 0 Å². The van der Waals surface area contributed by atoms with E-state index in [0.29, 0.717) is 27.9 Å². The molecule has 2 aromatic rings. The fourth-order valence-corrected chi connectivity index (χ4v) is 4.56. The summed E-state index contributed by atoms with van der Waals surface area (Å²) < 4.78 is 31.5. The lowest BCUT2D eigenvalue weighted by Crippen LogP contribution is -2.51. The fourth-order valence-electron chi connectivity index (χ4n) is 3.24. The van der Waals surface area contributed by atoms with Gasteiger partial charge in [-0.25, -0.2) is 8.42 Å². The number of hydrogen-bond acceptors (Lipinski definition) is 5. The van der Waals surface area contributed by atoms with Gasteiger partial charge in [-0.1, -0.05) is 48.3 Å². The zero-order valence-corrected chi connectivity index (χ0v) is 21.9. The van der Waals surface area contributed by atoms with Gasteiger partial charge in [0.1, 0.15) is 18.3 Å². The zero-order chi connectivity index (χ0) is 25.5. The molecule has 0 bridgehead atoms. The van der Waals surface area contributed by atoms with Crippen LogP contribution < -0.4 is 14.4 Å². The molecule has 0 unspecified atom stereocenters. The summed E-state index contributed by atoms with van der Waals surface area (Å²) in [7, 11) is -2.45. The minimum Gasteiger partial charge on any atom is -0.495 e. The van der Waals surface area contributed by atoms with Gasteiger partial charge in [-0.3, -0.25) is 13.9 Å². The van der Waals surface area contributed by atoms with Crippen LogP contribution in [0.1, 0.15) is 25.8 Å². The third kappa shape index (κ3) is 7.25. The number of ether oxygens (including phenoxy) is 1. The maximum Gasteiger partial charge on any atom is 0.244 e. The summed E-state index contributed by atoms with van der Waals surface area (Å²) in [6.45, 7) is 3.40. The monoisotopic (exact) mass is 529 g/mol. The Morgan fingerprint density at radius 3 is 2.41 bits per heavy atom. The highest BCUT2D eigenvalue weighted by molar-refractivity contribution is 7.92. The standard InChI is InChI=1S/C23H29Cl2N3O5S/c1-5-12-26-23(30)16(2)27(14-17-10-11-18(24)13-19(17)25)22(29)15-28(34(4,31)32)20-8-6-7-9-21(20)33-3/h6-11,13,16H,5,12,14-15H2,1-4H3,(H,26,30)/t16-/m0/s1. The maximum atomic E-state index is 13.5. The SMILES string of the molecule is CCCNC(=O)[C@H](C)N(Cc1ccc(Cl)cc1Cl)C(=O)CN(c1ccccc1OC)S(C)(=O)=O. The highest BCUT2D eigenvalue weighted by Gasteiger charge is 2.31. The normalized spacial score (nSPS) is 12.1. The van der Waals surface area contributed by atoms with Gasteiger partial charge in [0.15, 0.2) is 0 Å². The number of hydrogen-bond donors (Lipinski definition) is 1. The van der Waals surface area contributed by atoms with Gasteiger partial charge in [-0.2, -0.15) is 0 Å². The molecule has 1 N–H and O–H groups in total. The minimum atomic E-state index is -3.86. The number of benzene rings is 2. The summed E-state index contributed by atoms with van der Waals surface area (Å²) in [6.07, 6.45) is 1.73. The molecule has 0 fully saturated rings. The van der Waals surface area contributed by atoms with Gasteiger partial charge in [0, 0.05) is 23.1 Å². The van der Waals surface area contributed by atoms with E-state index in [2.05, 4.69) is 5.32 Å². The summed E-state index contributed by atoms with van der Waals surface area (Å²) in [5.41, 5.74) is 0.783. The lowest BCUT2D eigenvalue weighted by molar-refractivity contribution is -0.139. The molecule has 2 aromatic carbocycles. The number of methoxy groups -OCH3 is 1. The average molecular weight is 530 g/mol. The van der Waals surface area contributed by atoms with E-state index in [0.717, 1.165) is 17.0 Å². The van der Waals surface area contributed by atoms with Gasteiger partial charge in [0.25, 0.3) is 0 Å². The van der Waals surface area contributed by atoms with Crippen LogP contribution in [0.4, 0.5) is 5.69 Å². The molecule has 0 aliphatic rings. The quantitative estimate of drug-likeness (QED) is 0.478. The lowest BCUT2D eigenvalue weighted by Gasteiger charge is -2.32. The van der Waals surface area contributed by atoms with E-state index in [4.69, 9.17) is 27.9 Å². The fraction of sp³-hybridized carbons (Fsp3) is 0.391. The second-order valence-electron chi connectivity index (χ2n) is 7.67. The van der Waals surface area contributed by atoms with Crippen LogP contribution in [-0.2, 0) is 26.2 Å². The average Bonchev–Trinajstić information content (AvgIpc) is 2.79. The molecule has 2 amide bonds. The number of anilines is 1. The molecule has 0 saturated heterocycles. The van der Waals surface area contributed by atoms with Crippen molar-refractivity contribution in [2.24, 2.45) is 0 Å². The van der Waals surface area contributed by atoms with Crippen molar-refractivity contribution in [3.63, 3.8) is 0 Å². The van der Waals surface area contributed by atoms with Gasteiger partial charge in [-0.15, -0.1) is 0 Å². The molecule has 0 aromatic heterocycles. The number of nitrogens with zero attached hydrogens (tertiary/aromatic N) is 2. The van der Waals surface area contributed by atoms with Crippen molar-refractivity contribution < 1.29 is 22.7 Å². The lowest BCUT2D eigenvalue weighted by atomic mass is 10.1. The first-order valence-corrected chi connectivity index (χ1v) is 13.2. The molecule has 186 valence electrons. The Morgan fingerprint density at radius 2 is 1.82 bits per heavy atom. The zero-order valence-electron chi connectivity index (χ0n) is 19.5. The van der Waals surface area contributed by atoms with Crippen molar-refractivity contribution in [1.29, 1.82) is 0 Å². The number of halogens is 2. The minimum absolute atomic E-state index is 0.0148. The van der Waals surface area contributed by atoms with E-state index in [1.165, 1.54) is 12.0 Å². The smallest absolute Gasteiger partial charge is 0.244 e. The van der Waals surface area contributed by atoms with Crippen molar-refractivity contribution in [2.45, 2.75) is 32.9 Å². The molecule has 0 heterocycles. The molecule has 0 spiro atoms.